The fourth-order valence-corrected chi connectivity index (χ4v) is 1.85. The van der Waals surface area contributed by atoms with Gasteiger partial charge in [-0.05, 0) is 12.1 Å². The summed E-state index contributed by atoms with van der Waals surface area (Å²) >= 11 is 0. The van der Waals surface area contributed by atoms with Crippen LogP contribution in [0.5, 0.6) is 0 Å². The Bertz CT molecular complexity index is 712. The number of para-hydroxylation sites is 1. The van der Waals surface area contributed by atoms with Gasteiger partial charge in [-0.25, -0.2) is 0 Å². The molecule has 2 nitrogen and oxygen atoms in total. The first kappa shape index (κ1) is 13.1. The number of rotatable bonds is 1. The van der Waals surface area contributed by atoms with Crippen molar-refractivity contribution in [2.45, 2.75) is 13.8 Å². The summed E-state index contributed by atoms with van der Waals surface area (Å²) in [4.78, 5) is 11.9. The third-order valence-electron chi connectivity index (χ3n) is 2.69. The Kier molecular flexibility index (Phi) is 4.14. The molecule has 0 N–H and O–H groups in total. The Morgan fingerprint density at radius 3 is 2.21 bits per heavy atom. The standard InChI is InChI=1S/C15H10O2.C2H6/c16-13-10-15(11-6-2-1-3-7-11)17-14-9-5-4-8-12(13)14;1-2/h1-10H;1-2H3. The highest BCUT2D eigenvalue weighted by Gasteiger charge is 2.05. The van der Waals surface area contributed by atoms with E-state index in [2.05, 4.69) is 0 Å². The fourth-order valence-electron chi connectivity index (χ4n) is 1.85. The number of benzene rings is 2. The van der Waals surface area contributed by atoms with Crippen molar-refractivity contribution in [1.29, 1.82) is 0 Å². The monoisotopic (exact) mass is 252 g/mol. The molecule has 0 amide bonds. The predicted molar refractivity (Wildman–Crippen MR) is 79.3 cm³/mol. The van der Waals surface area contributed by atoms with Crippen molar-refractivity contribution in [3.8, 4) is 11.3 Å². The molecule has 0 saturated carbocycles. The Hall–Kier alpha value is -2.35. The molecule has 0 aliphatic carbocycles. The van der Waals surface area contributed by atoms with Crippen molar-refractivity contribution in [2.24, 2.45) is 0 Å². The Morgan fingerprint density at radius 2 is 1.47 bits per heavy atom. The lowest BCUT2D eigenvalue weighted by Crippen LogP contribution is -1.99. The van der Waals surface area contributed by atoms with Crippen molar-refractivity contribution >= 4 is 11.0 Å². The van der Waals surface area contributed by atoms with E-state index >= 15 is 0 Å². The summed E-state index contributed by atoms with van der Waals surface area (Å²) in [5, 5.41) is 0.618. The maximum Gasteiger partial charge on any atom is 0.193 e. The van der Waals surface area contributed by atoms with E-state index in [1.165, 1.54) is 6.07 Å². The average molecular weight is 252 g/mol. The van der Waals surface area contributed by atoms with Crippen LogP contribution in [-0.4, -0.2) is 0 Å². The molecule has 96 valence electrons. The SMILES string of the molecule is CC.O=c1cc(-c2ccccc2)oc2ccccc12. The zero-order chi connectivity index (χ0) is 13.7. The van der Waals surface area contributed by atoms with Gasteiger partial charge in [0, 0.05) is 11.6 Å². The van der Waals surface area contributed by atoms with Crippen LogP contribution in [0, 0.1) is 0 Å². The second-order valence-electron chi connectivity index (χ2n) is 3.84. The van der Waals surface area contributed by atoms with Crippen LogP contribution < -0.4 is 5.43 Å². The van der Waals surface area contributed by atoms with Crippen LogP contribution in [0.4, 0.5) is 0 Å². The highest BCUT2D eigenvalue weighted by Crippen LogP contribution is 2.21. The topological polar surface area (TPSA) is 30.2 Å². The van der Waals surface area contributed by atoms with Crippen LogP contribution in [0.15, 0.2) is 69.9 Å². The number of fused-ring (bicyclic) bond motifs is 1. The average Bonchev–Trinajstić information content (AvgIpc) is 2.50. The second-order valence-corrected chi connectivity index (χ2v) is 3.84. The van der Waals surface area contributed by atoms with Gasteiger partial charge in [-0.3, -0.25) is 4.79 Å². The van der Waals surface area contributed by atoms with Crippen molar-refractivity contribution in [2.75, 3.05) is 0 Å². The lowest BCUT2D eigenvalue weighted by Gasteiger charge is -2.02. The van der Waals surface area contributed by atoms with Gasteiger partial charge < -0.3 is 4.42 Å². The molecule has 2 heteroatoms. The van der Waals surface area contributed by atoms with E-state index in [1.807, 2.05) is 62.4 Å². The summed E-state index contributed by atoms with van der Waals surface area (Å²) < 4.78 is 5.73. The minimum absolute atomic E-state index is 0.00861. The Balaban J connectivity index is 0.000000637. The highest BCUT2D eigenvalue weighted by molar-refractivity contribution is 5.78. The van der Waals surface area contributed by atoms with Crippen LogP contribution in [0.1, 0.15) is 13.8 Å². The van der Waals surface area contributed by atoms with E-state index in [1.54, 1.807) is 6.07 Å². The molecule has 3 aromatic rings. The normalized spacial score (nSPS) is 9.79. The highest BCUT2D eigenvalue weighted by atomic mass is 16.3. The maximum absolute atomic E-state index is 11.9. The fraction of sp³-hybridized carbons (Fsp3) is 0.118. The summed E-state index contributed by atoms with van der Waals surface area (Å²) in [6, 6.07) is 18.4. The molecule has 0 unspecified atom stereocenters. The molecule has 2 aromatic carbocycles. The summed E-state index contributed by atoms with van der Waals surface area (Å²) in [5.41, 5.74) is 1.53. The summed E-state index contributed by atoms with van der Waals surface area (Å²) in [6.45, 7) is 4.00. The molecule has 1 aromatic heterocycles. The van der Waals surface area contributed by atoms with Crippen LogP contribution in [-0.2, 0) is 0 Å². The Labute approximate surface area is 112 Å². The third-order valence-corrected chi connectivity index (χ3v) is 2.69. The van der Waals surface area contributed by atoms with Crippen LogP contribution >= 0.6 is 0 Å². The van der Waals surface area contributed by atoms with Crippen LogP contribution in [0.3, 0.4) is 0 Å². The van der Waals surface area contributed by atoms with Crippen molar-refractivity contribution in [3.05, 3.63) is 70.9 Å². The molecule has 1 heterocycles. The van der Waals surface area contributed by atoms with Crippen LogP contribution in [0.2, 0.25) is 0 Å². The van der Waals surface area contributed by atoms with Crippen molar-refractivity contribution in [1.82, 2.24) is 0 Å². The van der Waals surface area contributed by atoms with Gasteiger partial charge in [0.1, 0.15) is 11.3 Å². The van der Waals surface area contributed by atoms with Gasteiger partial charge in [-0.1, -0.05) is 56.3 Å². The molecular formula is C17H16O2. The molecule has 0 bridgehead atoms. The zero-order valence-corrected chi connectivity index (χ0v) is 11.1. The quantitative estimate of drug-likeness (QED) is 0.639. The molecule has 0 aliphatic rings. The largest absolute Gasteiger partial charge is 0.456 e. The van der Waals surface area contributed by atoms with Crippen molar-refractivity contribution in [3.63, 3.8) is 0 Å². The van der Waals surface area contributed by atoms with Gasteiger partial charge in [0.2, 0.25) is 0 Å². The van der Waals surface area contributed by atoms with Crippen molar-refractivity contribution < 1.29 is 4.42 Å². The lowest BCUT2D eigenvalue weighted by atomic mass is 10.1. The molecule has 0 fully saturated rings. The van der Waals surface area contributed by atoms with E-state index in [4.69, 9.17) is 4.42 Å². The van der Waals surface area contributed by atoms with E-state index in [-0.39, 0.29) is 5.43 Å². The molecule has 0 saturated heterocycles. The first-order chi connectivity index (χ1) is 9.34. The van der Waals surface area contributed by atoms with Gasteiger partial charge in [-0.2, -0.15) is 0 Å². The predicted octanol–water partition coefficient (Wildman–Crippen LogP) is 4.49. The third kappa shape index (κ3) is 2.74. The van der Waals surface area contributed by atoms with E-state index in [9.17, 15) is 4.79 Å². The molecule has 0 radical (unpaired) electrons. The first-order valence-electron chi connectivity index (χ1n) is 6.43. The summed E-state index contributed by atoms with van der Waals surface area (Å²) in [7, 11) is 0. The summed E-state index contributed by atoms with van der Waals surface area (Å²) in [6.07, 6.45) is 0. The van der Waals surface area contributed by atoms with Gasteiger partial charge >= 0.3 is 0 Å². The number of hydrogen-bond acceptors (Lipinski definition) is 2. The Morgan fingerprint density at radius 1 is 0.842 bits per heavy atom. The minimum Gasteiger partial charge on any atom is -0.456 e. The molecule has 0 spiro atoms. The van der Waals surface area contributed by atoms with Gasteiger partial charge in [-0.15, -0.1) is 0 Å². The molecule has 3 rings (SSSR count). The molecule has 19 heavy (non-hydrogen) atoms. The van der Waals surface area contributed by atoms with Gasteiger partial charge in [0.05, 0.1) is 5.39 Å². The zero-order valence-electron chi connectivity index (χ0n) is 11.1. The smallest absolute Gasteiger partial charge is 0.193 e. The van der Waals surface area contributed by atoms with Gasteiger partial charge in [0.25, 0.3) is 0 Å². The van der Waals surface area contributed by atoms with Gasteiger partial charge in [0.15, 0.2) is 5.43 Å². The second kappa shape index (κ2) is 6.01. The van der Waals surface area contributed by atoms with E-state index in [0.29, 0.717) is 16.7 Å². The molecule has 0 aliphatic heterocycles. The molecular weight excluding hydrogens is 236 g/mol. The maximum atomic E-state index is 11.9. The minimum atomic E-state index is -0.00861. The van der Waals surface area contributed by atoms with Crippen LogP contribution in [0.25, 0.3) is 22.3 Å². The first-order valence-corrected chi connectivity index (χ1v) is 6.43. The summed E-state index contributed by atoms with van der Waals surface area (Å²) in [5.74, 6) is 0.606. The van der Waals surface area contributed by atoms with E-state index < -0.39 is 0 Å². The lowest BCUT2D eigenvalue weighted by molar-refractivity contribution is 0.619. The van der Waals surface area contributed by atoms with E-state index in [0.717, 1.165) is 5.56 Å². The molecule has 0 atom stereocenters. The number of hydrogen-bond donors (Lipinski definition) is 0.